The summed E-state index contributed by atoms with van der Waals surface area (Å²) >= 11 is 11.9. The van der Waals surface area contributed by atoms with Gasteiger partial charge in [0, 0.05) is 12.6 Å². The fraction of sp³-hybridized carbons (Fsp3) is 0.385. The minimum absolute atomic E-state index is 0.0632. The number of halogens is 2. The van der Waals surface area contributed by atoms with Crippen molar-refractivity contribution in [2.75, 3.05) is 13.6 Å². The van der Waals surface area contributed by atoms with E-state index in [2.05, 4.69) is 16.0 Å². The summed E-state index contributed by atoms with van der Waals surface area (Å²) in [6, 6.07) is 4.92. The van der Waals surface area contributed by atoms with Crippen LogP contribution < -0.4 is 16.0 Å². The predicted octanol–water partition coefficient (Wildman–Crippen LogP) is 2.03. The van der Waals surface area contributed by atoms with E-state index < -0.39 is 6.03 Å². The molecular weight excluding hydrogens is 301 g/mol. The van der Waals surface area contributed by atoms with Crippen LogP contribution in [0, 0.1) is 0 Å². The molecule has 5 nitrogen and oxygen atoms in total. The van der Waals surface area contributed by atoms with Gasteiger partial charge < -0.3 is 5.32 Å². The van der Waals surface area contributed by atoms with Gasteiger partial charge in [-0.2, -0.15) is 0 Å². The van der Waals surface area contributed by atoms with Crippen LogP contribution >= 0.6 is 23.2 Å². The monoisotopic (exact) mass is 315 g/mol. The summed E-state index contributed by atoms with van der Waals surface area (Å²) in [6.45, 7) is 0.0632. The molecule has 3 N–H and O–H groups in total. The van der Waals surface area contributed by atoms with Gasteiger partial charge in [-0.25, -0.2) is 4.79 Å². The molecule has 1 fully saturated rings. The Balaban J connectivity index is 1.96. The molecule has 0 aliphatic heterocycles. The third kappa shape index (κ3) is 3.42. The van der Waals surface area contributed by atoms with Crippen molar-refractivity contribution in [1.82, 2.24) is 16.0 Å². The van der Waals surface area contributed by atoms with E-state index in [9.17, 15) is 9.59 Å². The number of carbonyl (C=O) groups excluding carboxylic acids is 2. The Kier molecular flexibility index (Phi) is 4.52. The Bertz CT molecular complexity index is 544. The van der Waals surface area contributed by atoms with Gasteiger partial charge in [-0.15, -0.1) is 0 Å². The van der Waals surface area contributed by atoms with Crippen LogP contribution in [-0.2, 0) is 10.3 Å². The summed E-state index contributed by atoms with van der Waals surface area (Å²) in [5.41, 5.74) is 0.758. The number of carbonyl (C=O) groups is 2. The van der Waals surface area contributed by atoms with Crippen LogP contribution in [0.5, 0.6) is 0 Å². The van der Waals surface area contributed by atoms with Crippen LogP contribution in [0.15, 0.2) is 18.2 Å². The lowest BCUT2D eigenvalue weighted by atomic mass is 10.1. The Morgan fingerprint density at radius 1 is 1.25 bits per heavy atom. The molecule has 1 aromatic rings. The zero-order valence-corrected chi connectivity index (χ0v) is 12.4. The summed E-state index contributed by atoms with van der Waals surface area (Å²) < 4.78 is 0. The number of imide groups is 1. The van der Waals surface area contributed by atoms with Gasteiger partial charge in [0.05, 0.1) is 16.6 Å². The quantitative estimate of drug-likeness (QED) is 0.796. The number of rotatable bonds is 4. The van der Waals surface area contributed by atoms with Crippen molar-refractivity contribution < 1.29 is 9.59 Å². The summed E-state index contributed by atoms with van der Waals surface area (Å²) in [4.78, 5) is 22.6. The highest BCUT2D eigenvalue weighted by atomic mass is 35.5. The first-order valence-corrected chi connectivity index (χ1v) is 6.94. The van der Waals surface area contributed by atoms with Gasteiger partial charge in [0.15, 0.2) is 0 Å². The van der Waals surface area contributed by atoms with Crippen LogP contribution in [-0.4, -0.2) is 25.5 Å². The van der Waals surface area contributed by atoms with E-state index in [0.717, 1.165) is 18.4 Å². The molecule has 0 bridgehead atoms. The highest BCUT2D eigenvalue weighted by Gasteiger charge is 2.44. The molecule has 7 heteroatoms. The van der Waals surface area contributed by atoms with Crippen molar-refractivity contribution >= 4 is 35.1 Å². The lowest BCUT2D eigenvalue weighted by molar-refractivity contribution is -0.119. The molecule has 0 atom stereocenters. The van der Waals surface area contributed by atoms with Crippen molar-refractivity contribution in [3.63, 3.8) is 0 Å². The summed E-state index contributed by atoms with van der Waals surface area (Å²) in [6.07, 6.45) is 1.83. The maximum Gasteiger partial charge on any atom is 0.321 e. The number of benzene rings is 1. The Morgan fingerprint density at radius 2 is 1.95 bits per heavy atom. The maximum atomic E-state index is 11.6. The van der Waals surface area contributed by atoms with Gasteiger partial charge in [0.1, 0.15) is 0 Å². The number of urea groups is 1. The lowest BCUT2D eigenvalue weighted by Gasteiger charge is -2.18. The molecule has 1 aromatic carbocycles. The van der Waals surface area contributed by atoms with Gasteiger partial charge in [-0.05, 0) is 30.5 Å². The van der Waals surface area contributed by atoms with Crippen LogP contribution in [0.1, 0.15) is 18.4 Å². The van der Waals surface area contributed by atoms with Crippen LogP contribution in [0.3, 0.4) is 0 Å². The van der Waals surface area contributed by atoms with Crippen LogP contribution in [0.4, 0.5) is 4.79 Å². The molecule has 0 radical (unpaired) electrons. The average molecular weight is 316 g/mol. The molecule has 0 spiro atoms. The predicted molar refractivity (Wildman–Crippen MR) is 78.0 cm³/mol. The zero-order valence-electron chi connectivity index (χ0n) is 10.9. The summed E-state index contributed by atoms with van der Waals surface area (Å²) in [5.74, 6) is -0.379. The van der Waals surface area contributed by atoms with E-state index in [-0.39, 0.29) is 18.0 Å². The first-order chi connectivity index (χ1) is 9.47. The van der Waals surface area contributed by atoms with E-state index >= 15 is 0 Å². The average Bonchev–Trinajstić information content (AvgIpc) is 3.20. The number of amides is 3. The van der Waals surface area contributed by atoms with Crippen LogP contribution in [0.2, 0.25) is 10.0 Å². The van der Waals surface area contributed by atoms with Gasteiger partial charge in [-0.3, -0.25) is 15.4 Å². The molecule has 0 saturated heterocycles. The van der Waals surface area contributed by atoms with E-state index in [1.54, 1.807) is 12.1 Å². The highest BCUT2D eigenvalue weighted by Crippen LogP contribution is 2.46. The van der Waals surface area contributed by atoms with Crippen molar-refractivity contribution in [2.45, 2.75) is 18.4 Å². The SMILES string of the molecule is CNC(=O)NC(=O)CNC1(c2ccc(Cl)c(Cl)c2)CC1. The van der Waals surface area contributed by atoms with E-state index in [4.69, 9.17) is 23.2 Å². The maximum absolute atomic E-state index is 11.6. The molecule has 1 aliphatic rings. The van der Waals surface area contributed by atoms with Crippen molar-refractivity contribution in [3.05, 3.63) is 33.8 Å². The van der Waals surface area contributed by atoms with Crippen LogP contribution in [0.25, 0.3) is 0 Å². The first kappa shape index (κ1) is 15.1. The second-order valence-electron chi connectivity index (χ2n) is 4.69. The van der Waals surface area contributed by atoms with E-state index in [0.29, 0.717) is 10.0 Å². The molecule has 0 aromatic heterocycles. The fourth-order valence-electron chi connectivity index (χ4n) is 1.97. The minimum Gasteiger partial charge on any atom is -0.341 e. The molecule has 2 rings (SSSR count). The first-order valence-electron chi connectivity index (χ1n) is 6.19. The molecule has 20 heavy (non-hydrogen) atoms. The van der Waals surface area contributed by atoms with Gasteiger partial charge >= 0.3 is 6.03 Å². The largest absolute Gasteiger partial charge is 0.341 e. The number of nitrogens with one attached hydrogen (secondary N) is 3. The van der Waals surface area contributed by atoms with Crippen molar-refractivity contribution in [2.24, 2.45) is 0 Å². The minimum atomic E-state index is -0.517. The molecule has 1 saturated carbocycles. The summed E-state index contributed by atoms with van der Waals surface area (Å²) in [7, 11) is 1.45. The standard InChI is InChI=1S/C13H15Cl2N3O2/c1-16-12(20)18-11(19)7-17-13(4-5-13)8-2-3-9(14)10(15)6-8/h2-3,6,17H,4-5,7H2,1H3,(H2,16,18,19,20). The van der Waals surface area contributed by atoms with E-state index in [1.807, 2.05) is 6.07 Å². The van der Waals surface area contributed by atoms with Crippen molar-refractivity contribution in [1.29, 1.82) is 0 Å². The Morgan fingerprint density at radius 3 is 2.50 bits per heavy atom. The molecule has 1 aliphatic carbocycles. The molecule has 0 unspecified atom stereocenters. The normalized spacial score (nSPS) is 15.6. The van der Waals surface area contributed by atoms with E-state index in [1.165, 1.54) is 7.05 Å². The van der Waals surface area contributed by atoms with Gasteiger partial charge in [-0.1, -0.05) is 29.3 Å². The third-order valence-corrected chi connectivity index (χ3v) is 4.03. The smallest absolute Gasteiger partial charge is 0.321 e. The molecule has 108 valence electrons. The number of hydrogen-bond acceptors (Lipinski definition) is 3. The lowest BCUT2D eigenvalue weighted by Crippen LogP contribution is -2.44. The molecule has 3 amide bonds. The molecule has 0 heterocycles. The topological polar surface area (TPSA) is 70.2 Å². The Labute approximate surface area is 127 Å². The van der Waals surface area contributed by atoms with Gasteiger partial charge in [0.2, 0.25) is 5.91 Å². The second kappa shape index (κ2) is 5.99. The second-order valence-corrected chi connectivity index (χ2v) is 5.51. The Hall–Kier alpha value is -1.30. The zero-order chi connectivity index (χ0) is 14.8. The fourth-order valence-corrected chi connectivity index (χ4v) is 2.27. The summed E-state index contributed by atoms with van der Waals surface area (Å²) in [5, 5.41) is 8.69. The molecular formula is C13H15Cl2N3O2. The third-order valence-electron chi connectivity index (χ3n) is 3.29. The highest BCUT2D eigenvalue weighted by molar-refractivity contribution is 6.42. The van der Waals surface area contributed by atoms with Gasteiger partial charge in [0.25, 0.3) is 0 Å². The number of hydrogen-bond donors (Lipinski definition) is 3. The van der Waals surface area contributed by atoms with Crippen molar-refractivity contribution in [3.8, 4) is 0 Å².